The van der Waals surface area contributed by atoms with E-state index in [0.29, 0.717) is 17.2 Å². The highest BCUT2D eigenvalue weighted by atomic mass is 31.1. The molecule has 0 amide bonds. The van der Waals surface area contributed by atoms with E-state index < -0.39 is 15.8 Å². The molecule has 0 saturated heterocycles. The van der Waals surface area contributed by atoms with Crippen molar-refractivity contribution in [3.63, 3.8) is 0 Å². The van der Waals surface area contributed by atoms with Crippen molar-refractivity contribution < 1.29 is 0 Å². The highest BCUT2D eigenvalue weighted by Gasteiger charge is 2.34. The Bertz CT molecular complexity index is 1200. The number of hydrogen-bond acceptors (Lipinski definition) is 0. The Labute approximate surface area is 247 Å². The molecule has 0 spiro atoms. The van der Waals surface area contributed by atoms with Crippen LogP contribution in [-0.4, -0.2) is 11.3 Å². The molecule has 0 aliphatic rings. The van der Waals surface area contributed by atoms with Crippen molar-refractivity contribution in [2.75, 3.05) is 0 Å². The molecule has 0 aromatic heterocycles. The lowest BCUT2D eigenvalue weighted by Gasteiger charge is -2.38. The molecule has 0 aliphatic heterocycles. The summed E-state index contributed by atoms with van der Waals surface area (Å²) in [4.78, 5) is 0. The third-order valence-corrected chi connectivity index (χ3v) is 14.1. The van der Waals surface area contributed by atoms with Crippen molar-refractivity contribution in [1.29, 1.82) is 0 Å². The van der Waals surface area contributed by atoms with Crippen LogP contribution in [0, 0.1) is 61.3 Å². The fourth-order valence-corrected chi connectivity index (χ4v) is 13.3. The topological polar surface area (TPSA) is 0 Å². The summed E-state index contributed by atoms with van der Waals surface area (Å²) in [7, 11) is -1.05. The van der Waals surface area contributed by atoms with Gasteiger partial charge < -0.3 is 0 Å². The minimum Gasteiger partial charge on any atom is -0.0613 e. The van der Waals surface area contributed by atoms with Gasteiger partial charge in [0.1, 0.15) is 0 Å². The van der Waals surface area contributed by atoms with Gasteiger partial charge in [-0.1, -0.05) is 138 Å². The first kappa shape index (κ1) is 30.7. The van der Waals surface area contributed by atoms with Crippen LogP contribution in [0.5, 0.6) is 0 Å². The average Bonchev–Trinajstić information content (AvgIpc) is 2.81. The van der Waals surface area contributed by atoms with Gasteiger partial charge in [-0.3, -0.25) is 0 Å². The molecule has 40 heavy (non-hydrogen) atoms. The van der Waals surface area contributed by atoms with Gasteiger partial charge in [0.25, 0.3) is 0 Å². The van der Waals surface area contributed by atoms with E-state index in [1.54, 1.807) is 0 Å². The van der Waals surface area contributed by atoms with Gasteiger partial charge in [-0.2, -0.15) is 0 Å². The summed E-state index contributed by atoms with van der Waals surface area (Å²) in [5.41, 5.74) is 12.0. The van der Waals surface area contributed by atoms with E-state index in [-0.39, 0.29) is 0 Å². The summed E-state index contributed by atoms with van der Waals surface area (Å²) in [6.07, 6.45) is 0. The highest BCUT2D eigenvalue weighted by Crippen LogP contribution is 2.51. The summed E-state index contributed by atoms with van der Waals surface area (Å²) >= 11 is 0. The molecule has 210 valence electrons. The first-order chi connectivity index (χ1) is 18.8. The molecular formula is C38H48P2. The maximum Gasteiger partial charge on any atom is -0.0125 e. The Hall–Kier alpha value is -2.26. The van der Waals surface area contributed by atoms with Crippen LogP contribution in [0.1, 0.15) is 65.3 Å². The molecule has 0 unspecified atom stereocenters. The van der Waals surface area contributed by atoms with E-state index >= 15 is 0 Å². The van der Waals surface area contributed by atoms with Crippen molar-refractivity contribution in [2.24, 2.45) is 5.92 Å². The van der Waals surface area contributed by atoms with Gasteiger partial charge in [0.05, 0.1) is 0 Å². The van der Waals surface area contributed by atoms with E-state index in [9.17, 15) is 0 Å². The molecule has 0 bridgehead atoms. The van der Waals surface area contributed by atoms with Gasteiger partial charge in [-0.05, 0) is 110 Å². The Morgan fingerprint density at radius 3 is 0.675 bits per heavy atom. The van der Waals surface area contributed by atoms with Crippen LogP contribution in [0.3, 0.4) is 0 Å². The molecule has 0 saturated carbocycles. The van der Waals surface area contributed by atoms with E-state index in [4.69, 9.17) is 0 Å². The van der Waals surface area contributed by atoms with Gasteiger partial charge in [0.15, 0.2) is 0 Å². The van der Waals surface area contributed by atoms with Crippen LogP contribution in [0.2, 0.25) is 0 Å². The molecule has 0 N–H and O–H groups in total. The lowest BCUT2D eigenvalue weighted by molar-refractivity contribution is 0.564. The first-order valence-electron chi connectivity index (χ1n) is 14.7. The number of hydrogen-bond donors (Lipinski definition) is 0. The highest BCUT2D eigenvalue weighted by molar-refractivity contribution is 7.74. The molecule has 0 radical (unpaired) electrons. The Balaban J connectivity index is 1.84. The summed E-state index contributed by atoms with van der Waals surface area (Å²) < 4.78 is 0. The molecule has 0 heterocycles. The Morgan fingerprint density at radius 2 is 0.500 bits per heavy atom. The molecule has 0 fully saturated rings. The quantitative estimate of drug-likeness (QED) is 0.187. The van der Waals surface area contributed by atoms with Crippen molar-refractivity contribution in [1.82, 2.24) is 0 Å². The van der Waals surface area contributed by atoms with Gasteiger partial charge in [0, 0.05) is 0 Å². The zero-order valence-electron chi connectivity index (χ0n) is 26.6. The number of aryl methyl sites for hydroxylation is 8. The third-order valence-electron chi connectivity index (χ3n) is 8.27. The smallest absolute Gasteiger partial charge is 0.0125 e. The maximum atomic E-state index is 2.54. The summed E-state index contributed by atoms with van der Waals surface area (Å²) in [6, 6.07) is 28.9. The fourth-order valence-electron chi connectivity index (χ4n) is 6.47. The van der Waals surface area contributed by atoms with Gasteiger partial charge in [-0.25, -0.2) is 0 Å². The summed E-state index contributed by atoms with van der Waals surface area (Å²) in [6.45, 7) is 25.6. The van der Waals surface area contributed by atoms with Crippen LogP contribution < -0.4 is 21.2 Å². The predicted octanol–water partition coefficient (Wildman–Crippen LogP) is 9.13. The molecule has 2 atom stereocenters. The lowest BCUT2D eigenvalue weighted by atomic mass is 10.1. The molecule has 0 nitrogen and oxygen atoms in total. The Kier molecular flexibility index (Phi) is 9.76. The van der Waals surface area contributed by atoms with Gasteiger partial charge >= 0.3 is 0 Å². The SMILES string of the molecule is Cc1cc(C)cc(P(c2cc(C)cc(C)c2)[C@@H](C)C(C)[C@H](C)P(c2cc(C)cc(C)c2)c2cc(C)cc(C)c2)c1. The molecule has 4 rings (SSSR count). The Morgan fingerprint density at radius 1 is 0.325 bits per heavy atom. The van der Waals surface area contributed by atoms with Crippen molar-refractivity contribution in [3.05, 3.63) is 117 Å². The second kappa shape index (κ2) is 12.7. The average molecular weight is 567 g/mol. The van der Waals surface area contributed by atoms with Crippen LogP contribution in [-0.2, 0) is 0 Å². The van der Waals surface area contributed by atoms with E-state index in [1.807, 2.05) is 0 Å². The third kappa shape index (κ3) is 7.14. The normalized spacial score (nSPS) is 13.3. The minimum absolute atomic E-state index is 0.526. The molecule has 4 aromatic carbocycles. The maximum absolute atomic E-state index is 2.54. The second-order valence-corrected chi connectivity index (χ2v) is 17.6. The number of benzene rings is 4. The van der Waals surface area contributed by atoms with Crippen molar-refractivity contribution >= 4 is 37.1 Å². The monoisotopic (exact) mass is 566 g/mol. The lowest BCUT2D eigenvalue weighted by Crippen LogP contribution is -2.33. The summed E-state index contributed by atoms with van der Waals surface area (Å²) in [5.74, 6) is 0.542. The molecule has 0 aliphatic carbocycles. The largest absolute Gasteiger partial charge is 0.0613 e. The van der Waals surface area contributed by atoms with E-state index in [1.165, 1.54) is 65.7 Å². The van der Waals surface area contributed by atoms with Crippen LogP contribution >= 0.6 is 15.8 Å². The number of rotatable bonds is 8. The van der Waals surface area contributed by atoms with Crippen LogP contribution in [0.4, 0.5) is 0 Å². The zero-order valence-corrected chi connectivity index (χ0v) is 28.3. The molecular weight excluding hydrogens is 518 g/mol. The second-order valence-electron chi connectivity index (χ2n) is 12.5. The zero-order chi connectivity index (χ0) is 29.3. The first-order valence-corrected chi connectivity index (χ1v) is 17.6. The van der Waals surface area contributed by atoms with Crippen LogP contribution in [0.15, 0.2) is 72.8 Å². The van der Waals surface area contributed by atoms with Gasteiger partial charge in [0.2, 0.25) is 0 Å². The molecule has 2 heteroatoms. The van der Waals surface area contributed by atoms with E-state index in [0.717, 1.165) is 0 Å². The van der Waals surface area contributed by atoms with E-state index in [2.05, 4.69) is 149 Å². The van der Waals surface area contributed by atoms with Crippen molar-refractivity contribution in [3.8, 4) is 0 Å². The standard InChI is InChI=1S/C38H48P2/c1-24-12-25(2)17-35(16-24)39(36-18-26(3)13-27(4)19-36)33(10)32(9)34(11)40(37-20-28(5)14-29(6)21-37)38-22-30(7)15-31(8)23-38/h12-23,32-34H,1-11H3/t33-,34-/m0/s1. The van der Waals surface area contributed by atoms with Gasteiger partial charge in [-0.15, -0.1) is 0 Å². The van der Waals surface area contributed by atoms with Crippen molar-refractivity contribution in [2.45, 2.75) is 87.5 Å². The predicted molar refractivity (Wildman–Crippen MR) is 184 cm³/mol. The fraction of sp³-hybridized carbons (Fsp3) is 0.368. The summed E-state index contributed by atoms with van der Waals surface area (Å²) in [5, 5.41) is 6.08. The minimum atomic E-state index is -0.526. The molecule has 4 aromatic rings. The van der Waals surface area contributed by atoms with Crippen LogP contribution in [0.25, 0.3) is 0 Å².